The van der Waals surface area contributed by atoms with E-state index in [1.54, 1.807) is 0 Å². The molecule has 0 spiro atoms. The molecule has 2 saturated heterocycles. The quantitative estimate of drug-likeness (QED) is 0.563. The lowest BCUT2D eigenvalue weighted by atomic mass is 9.83. The second kappa shape index (κ2) is 3.97. The zero-order valence-corrected chi connectivity index (χ0v) is 9.80. The SMILES string of the molecule is CC.CN1CC2CN(C)CC2(C)C1. The number of fused-ring (bicyclic) bond motifs is 1. The van der Waals surface area contributed by atoms with Gasteiger partial charge < -0.3 is 9.80 Å². The van der Waals surface area contributed by atoms with Crippen molar-refractivity contribution in [1.29, 1.82) is 0 Å². The number of rotatable bonds is 0. The minimum absolute atomic E-state index is 0.601. The highest BCUT2D eigenvalue weighted by molar-refractivity contribution is 4.99. The molecule has 2 heterocycles. The molecule has 0 saturated carbocycles. The molecule has 78 valence electrons. The average molecular weight is 184 g/mol. The molecule has 0 aromatic rings. The average Bonchev–Trinajstić information content (AvgIpc) is 2.42. The van der Waals surface area contributed by atoms with Gasteiger partial charge in [-0.2, -0.15) is 0 Å². The van der Waals surface area contributed by atoms with Crippen LogP contribution in [0.1, 0.15) is 20.8 Å². The Morgan fingerprint density at radius 2 is 1.38 bits per heavy atom. The van der Waals surface area contributed by atoms with E-state index in [1.807, 2.05) is 13.8 Å². The Kier molecular flexibility index (Phi) is 3.36. The van der Waals surface area contributed by atoms with Crippen molar-refractivity contribution >= 4 is 0 Å². The highest BCUT2D eigenvalue weighted by Gasteiger charge is 2.46. The van der Waals surface area contributed by atoms with Crippen molar-refractivity contribution in [3.63, 3.8) is 0 Å². The Hall–Kier alpha value is -0.0800. The molecule has 2 aliphatic rings. The topological polar surface area (TPSA) is 6.48 Å². The van der Waals surface area contributed by atoms with Crippen molar-refractivity contribution in [2.45, 2.75) is 20.8 Å². The van der Waals surface area contributed by atoms with Crippen LogP contribution in [0.3, 0.4) is 0 Å². The molecule has 0 unspecified atom stereocenters. The molecule has 0 N–H and O–H groups in total. The number of hydrogen-bond donors (Lipinski definition) is 0. The van der Waals surface area contributed by atoms with Crippen LogP contribution in [0.15, 0.2) is 0 Å². The molecule has 0 aromatic carbocycles. The van der Waals surface area contributed by atoms with E-state index in [4.69, 9.17) is 0 Å². The van der Waals surface area contributed by atoms with Crippen molar-refractivity contribution in [2.75, 3.05) is 40.3 Å². The molecule has 2 nitrogen and oxygen atoms in total. The molecular formula is C11H24N2. The highest BCUT2D eigenvalue weighted by Crippen LogP contribution is 2.40. The maximum atomic E-state index is 2.47. The van der Waals surface area contributed by atoms with Crippen LogP contribution in [0.25, 0.3) is 0 Å². The lowest BCUT2D eigenvalue weighted by Gasteiger charge is -2.22. The van der Waals surface area contributed by atoms with Crippen LogP contribution in [0, 0.1) is 11.3 Å². The minimum Gasteiger partial charge on any atom is -0.305 e. The summed E-state index contributed by atoms with van der Waals surface area (Å²) in [6, 6.07) is 0. The summed E-state index contributed by atoms with van der Waals surface area (Å²) in [5.41, 5.74) is 0.601. The second-order valence-electron chi connectivity index (χ2n) is 4.74. The zero-order chi connectivity index (χ0) is 10.1. The Morgan fingerprint density at radius 1 is 1.00 bits per heavy atom. The maximum Gasteiger partial charge on any atom is 0.00483 e. The molecular weight excluding hydrogens is 160 g/mol. The summed E-state index contributed by atoms with van der Waals surface area (Å²) in [7, 11) is 4.48. The fourth-order valence-electron chi connectivity index (χ4n) is 2.92. The van der Waals surface area contributed by atoms with Crippen molar-refractivity contribution in [3.8, 4) is 0 Å². The number of hydrogen-bond acceptors (Lipinski definition) is 2. The smallest absolute Gasteiger partial charge is 0.00483 e. The molecule has 0 amide bonds. The summed E-state index contributed by atoms with van der Waals surface area (Å²) in [5.74, 6) is 0.928. The summed E-state index contributed by atoms with van der Waals surface area (Å²) < 4.78 is 0. The molecule has 0 bridgehead atoms. The van der Waals surface area contributed by atoms with E-state index in [9.17, 15) is 0 Å². The van der Waals surface area contributed by atoms with Crippen LogP contribution in [-0.2, 0) is 0 Å². The lowest BCUT2D eigenvalue weighted by molar-refractivity contribution is 0.268. The normalized spacial score (nSPS) is 39.9. The van der Waals surface area contributed by atoms with Crippen LogP contribution in [-0.4, -0.2) is 50.1 Å². The van der Waals surface area contributed by atoms with Crippen molar-refractivity contribution in [3.05, 3.63) is 0 Å². The first kappa shape index (κ1) is 11.0. The van der Waals surface area contributed by atoms with Gasteiger partial charge in [-0.3, -0.25) is 0 Å². The third kappa shape index (κ3) is 2.05. The van der Waals surface area contributed by atoms with E-state index in [2.05, 4.69) is 30.8 Å². The van der Waals surface area contributed by atoms with Gasteiger partial charge in [0.25, 0.3) is 0 Å². The van der Waals surface area contributed by atoms with Crippen molar-refractivity contribution in [2.24, 2.45) is 11.3 Å². The second-order valence-corrected chi connectivity index (χ2v) is 4.74. The van der Waals surface area contributed by atoms with Gasteiger partial charge in [0.15, 0.2) is 0 Å². The van der Waals surface area contributed by atoms with Gasteiger partial charge in [-0.25, -0.2) is 0 Å². The largest absolute Gasteiger partial charge is 0.305 e. The highest BCUT2D eigenvalue weighted by atomic mass is 15.2. The van der Waals surface area contributed by atoms with Crippen LogP contribution in [0.4, 0.5) is 0 Å². The number of nitrogens with zero attached hydrogens (tertiary/aromatic N) is 2. The van der Waals surface area contributed by atoms with Crippen LogP contribution in [0.5, 0.6) is 0 Å². The first-order chi connectivity index (χ1) is 6.10. The summed E-state index contributed by atoms with van der Waals surface area (Å²) in [6.07, 6.45) is 0. The Morgan fingerprint density at radius 3 is 1.69 bits per heavy atom. The van der Waals surface area contributed by atoms with Gasteiger partial charge in [0, 0.05) is 26.2 Å². The summed E-state index contributed by atoms with van der Waals surface area (Å²) in [6.45, 7) is 11.6. The predicted molar refractivity (Wildman–Crippen MR) is 57.9 cm³/mol. The third-order valence-corrected chi connectivity index (χ3v) is 3.31. The molecule has 2 heteroatoms. The minimum atomic E-state index is 0.601. The van der Waals surface area contributed by atoms with Crippen LogP contribution in [0.2, 0.25) is 0 Å². The van der Waals surface area contributed by atoms with Crippen molar-refractivity contribution < 1.29 is 0 Å². The molecule has 0 radical (unpaired) electrons. The molecule has 2 fully saturated rings. The van der Waals surface area contributed by atoms with Gasteiger partial charge in [0.2, 0.25) is 0 Å². The molecule has 2 aliphatic heterocycles. The Labute approximate surface area is 82.9 Å². The molecule has 2 rings (SSSR count). The monoisotopic (exact) mass is 184 g/mol. The van der Waals surface area contributed by atoms with E-state index in [-0.39, 0.29) is 0 Å². The molecule has 0 aliphatic carbocycles. The predicted octanol–water partition coefficient (Wildman–Crippen LogP) is 1.53. The van der Waals surface area contributed by atoms with Gasteiger partial charge in [-0.05, 0) is 25.4 Å². The summed E-state index contributed by atoms with van der Waals surface area (Å²) in [4.78, 5) is 4.94. The van der Waals surface area contributed by atoms with Gasteiger partial charge in [0.05, 0.1) is 0 Å². The molecule has 0 atom stereocenters. The van der Waals surface area contributed by atoms with E-state index < -0.39 is 0 Å². The Balaban J connectivity index is 0.000000396. The zero-order valence-electron chi connectivity index (χ0n) is 9.80. The maximum absolute atomic E-state index is 2.47. The third-order valence-electron chi connectivity index (χ3n) is 3.31. The first-order valence-corrected chi connectivity index (χ1v) is 5.47. The van der Waals surface area contributed by atoms with Gasteiger partial charge in [-0.15, -0.1) is 0 Å². The van der Waals surface area contributed by atoms with E-state index >= 15 is 0 Å². The van der Waals surface area contributed by atoms with E-state index in [1.165, 1.54) is 26.2 Å². The van der Waals surface area contributed by atoms with Crippen LogP contribution >= 0.6 is 0 Å². The standard InChI is InChI=1S/C9H18N2.C2H6/c1-9-6-10(2)4-8(9)5-11(3)7-9;1-2/h8H,4-7H2,1-3H3;1-2H3. The van der Waals surface area contributed by atoms with E-state index in [0.29, 0.717) is 5.41 Å². The van der Waals surface area contributed by atoms with Crippen molar-refractivity contribution in [1.82, 2.24) is 9.80 Å². The van der Waals surface area contributed by atoms with Gasteiger partial charge in [0.1, 0.15) is 0 Å². The van der Waals surface area contributed by atoms with Crippen LogP contribution < -0.4 is 0 Å². The molecule has 13 heavy (non-hydrogen) atoms. The molecule has 0 aromatic heterocycles. The van der Waals surface area contributed by atoms with E-state index in [0.717, 1.165) is 5.92 Å². The summed E-state index contributed by atoms with van der Waals surface area (Å²) in [5, 5.41) is 0. The fraction of sp³-hybridized carbons (Fsp3) is 1.00. The summed E-state index contributed by atoms with van der Waals surface area (Å²) >= 11 is 0. The lowest BCUT2D eigenvalue weighted by Crippen LogP contribution is -2.28. The van der Waals surface area contributed by atoms with Gasteiger partial charge >= 0.3 is 0 Å². The van der Waals surface area contributed by atoms with Gasteiger partial charge in [-0.1, -0.05) is 20.8 Å². The Bertz CT molecular complexity index is 153. The number of likely N-dealkylation sites (tertiary alicyclic amines) is 2. The first-order valence-electron chi connectivity index (χ1n) is 5.47. The fourth-order valence-corrected chi connectivity index (χ4v) is 2.92.